The van der Waals surface area contributed by atoms with Gasteiger partial charge in [0, 0.05) is 15.8 Å². The average Bonchev–Trinajstić information content (AvgIpc) is 2.11. The molecule has 0 bridgehead atoms. The molecule has 0 fully saturated rings. The van der Waals surface area contributed by atoms with Crippen molar-refractivity contribution in [1.29, 1.82) is 0 Å². The second-order valence-electron chi connectivity index (χ2n) is 2.63. The van der Waals surface area contributed by atoms with Gasteiger partial charge in [0.2, 0.25) is 0 Å². The summed E-state index contributed by atoms with van der Waals surface area (Å²) in [7, 11) is 0. The van der Waals surface area contributed by atoms with Crippen LogP contribution < -0.4 is 0 Å². The van der Waals surface area contributed by atoms with Gasteiger partial charge in [0.05, 0.1) is 5.88 Å². The lowest BCUT2D eigenvalue weighted by Gasteiger charge is -2.01. The van der Waals surface area contributed by atoms with Crippen LogP contribution in [0, 0.1) is 0 Å². The zero-order valence-electron chi connectivity index (χ0n) is 6.76. The van der Waals surface area contributed by atoms with Gasteiger partial charge in [0.15, 0.2) is 5.78 Å². The summed E-state index contributed by atoms with van der Waals surface area (Å²) in [6, 6.07) is 5.61. The maximum atomic E-state index is 11.0. The molecule has 0 saturated carbocycles. The number of carbonyl (C=O) groups excluding carboxylic acids is 1. The molecule has 0 radical (unpaired) electrons. The molecule has 0 aliphatic rings. The Balaban J connectivity index is 2.79. The first-order valence-corrected chi connectivity index (χ1v) is 5.46. The zero-order valence-corrected chi connectivity index (χ0v) is 9.99. The molecule has 0 aromatic heterocycles. The molecule has 1 rings (SSSR count). The summed E-state index contributed by atoms with van der Waals surface area (Å²) < 4.78 is 0.899. The highest BCUT2D eigenvalue weighted by Crippen LogP contribution is 2.21. The monoisotopic (exact) mass is 278 g/mol. The van der Waals surface area contributed by atoms with Crippen molar-refractivity contribution in [1.82, 2.24) is 0 Å². The number of Topliss-reactive ketones (excluding diaryl/α,β-unsaturated/α-hetero) is 1. The Labute approximate surface area is 96.0 Å². The van der Waals surface area contributed by atoms with Crippen LogP contribution in [0.4, 0.5) is 0 Å². The van der Waals surface area contributed by atoms with Crippen LogP contribution in [0.2, 0.25) is 0 Å². The largest absolute Gasteiger partial charge is 0.298 e. The van der Waals surface area contributed by atoms with Crippen molar-refractivity contribution in [3.8, 4) is 0 Å². The van der Waals surface area contributed by atoms with Gasteiger partial charge in [-0.1, -0.05) is 6.07 Å². The maximum Gasteiger partial charge on any atom is 0.151 e. The Hall–Kier alpha value is 0.01000. The molecule has 0 aliphatic heterocycles. The number of thiol groups is 1. The molecule has 0 spiro atoms. The third-order valence-corrected chi connectivity index (χ3v) is 3.21. The molecule has 1 nitrogen and oxygen atoms in total. The highest BCUT2D eigenvalue weighted by atomic mass is 79.9. The van der Waals surface area contributed by atoms with Crippen molar-refractivity contribution in [2.45, 2.75) is 11.3 Å². The Bertz CT molecular complexity index is 327. The van der Waals surface area contributed by atoms with Crippen LogP contribution in [-0.4, -0.2) is 11.7 Å². The van der Waals surface area contributed by atoms with E-state index in [0.29, 0.717) is 6.42 Å². The fraction of sp³-hybridized carbons (Fsp3) is 0.222. The van der Waals surface area contributed by atoms with Crippen molar-refractivity contribution >= 4 is 45.9 Å². The SMILES string of the molecule is O=C(CCl)Cc1ccc(S)c(Br)c1. The standard InChI is InChI=1S/C9H8BrClOS/c10-8-4-6(1-2-9(8)13)3-7(12)5-11/h1-2,4,13H,3,5H2. The van der Waals surface area contributed by atoms with Gasteiger partial charge in [0.25, 0.3) is 0 Å². The van der Waals surface area contributed by atoms with Crippen LogP contribution in [0.1, 0.15) is 5.56 Å². The van der Waals surface area contributed by atoms with Gasteiger partial charge in [-0.05, 0) is 33.6 Å². The molecular formula is C9H8BrClOS. The maximum absolute atomic E-state index is 11.0. The van der Waals surface area contributed by atoms with E-state index in [0.717, 1.165) is 14.9 Å². The molecule has 0 saturated heterocycles. The number of halogens is 2. The molecule has 4 heteroatoms. The van der Waals surface area contributed by atoms with Crippen LogP contribution in [-0.2, 0) is 11.2 Å². The number of hydrogen-bond acceptors (Lipinski definition) is 2. The third kappa shape index (κ3) is 3.33. The topological polar surface area (TPSA) is 17.1 Å². The third-order valence-electron chi connectivity index (χ3n) is 1.56. The highest BCUT2D eigenvalue weighted by molar-refractivity contribution is 9.10. The van der Waals surface area contributed by atoms with Gasteiger partial charge in [0.1, 0.15) is 0 Å². The Kier molecular flexibility index (Phi) is 4.29. The number of hydrogen-bond donors (Lipinski definition) is 1. The molecule has 70 valence electrons. The zero-order chi connectivity index (χ0) is 9.84. The molecular weight excluding hydrogens is 272 g/mol. The Morgan fingerprint density at radius 1 is 1.54 bits per heavy atom. The molecule has 13 heavy (non-hydrogen) atoms. The molecule has 0 amide bonds. The number of rotatable bonds is 3. The van der Waals surface area contributed by atoms with Gasteiger partial charge in [-0.15, -0.1) is 24.2 Å². The van der Waals surface area contributed by atoms with Crippen LogP contribution >= 0.6 is 40.2 Å². The predicted molar refractivity (Wildman–Crippen MR) is 60.8 cm³/mol. The molecule has 0 aliphatic carbocycles. The second kappa shape index (κ2) is 5.03. The lowest BCUT2D eigenvalue weighted by atomic mass is 10.1. The van der Waals surface area contributed by atoms with Crippen LogP contribution in [0.3, 0.4) is 0 Å². The summed E-state index contributed by atoms with van der Waals surface area (Å²) >= 11 is 12.9. The van der Waals surface area contributed by atoms with Gasteiger partial charge >= 0.3 is 0 Å². The number of alkyl halides is 1. The average molecular weight is 280 g/mol. The van der Waals surface area contributed by atoms with E-state index in [9.17, 15) is 4.79 Å². The van der Waals surface area contributed by atoms with Gasteiger partial charge in [-0.25, -0.2) is 0 Å². The minimum absolute atomic E-state index is 0.0282. The van der Waals surface area contributed by atoms with Crippen LogP contribution in [0.25, 0.3) is 0 Å². The van der Waals surface area contributed by atoms with Crippen molar-refractivity contribution in [3.63, 3.8) is 0 Å². The van der Waals surface area contributed by atoms with Crippen LogP contribution in [0.15, 0.2) is 27.6 Å². The van der Waals surface area contributed by atoms with E-state index in [1.54, 1.807) is 0 Å². The quantitative estimate of drug-likeness (QED) is 0.665. The lowest BCUT2D eigenvalue weighted by molar-refractivity contribution is -0.116. The van der Waals surface area contributed by atoms with Crippen molar-refractivity contribution in [2.24, 2.45) is 0 Å². The van der Waals surface area contributed by atoms with E-state index in [1.165, 1.54) is 0 Å². The summed E-state index contributed by atoms with van der Waals surface area (Å²) in [4.78, 5) is 11.9. The summed E-state index contributed by atoms with van der Waals surface area (Å²) in [5, 5.41) is 0. The summed E-state index contributed by atoms with van der Waals surface area (Å²) in [5.74, 6) is 0.0979. The number of benzene rings is 1. The molecule has 0 heterocycles. The summed E-state index contributed by atoms with van der Waals surface area (Å²) in [6.07, 6.45) is 0.385. The highest BCUT2D eigenvalue weighted by Gasteiger charge is 2.03. The Morgan fingerprint density at radius 3 is 2.77 bits per heavy atom. The van der Waals surface area contributed by atoms with Gasteiger partial charge in [-0.2, -0.15) is 0 Å². The lowest BCUT2D eigenvalue weighted by Crippen LogP contribution is -2.03. The number of ketones is 1. The second-order valence-corrected chi connectivity index (χ2v) is 4.24. The summed E-state index contributed by atoms with van der Waals surface area (Å²) in [5.41, 5.74) is 0.954. The van der Waals surface area contributed by atoms with E-state index in [-0.39, 0.29) is 11.7 Å². The Morgan fingerprint density at radius 2 is 2.23 bits per heavy atom. The van der Waals surface area contributed by atoms with E-state index >= 15 is 0 Å². The first-order chi connectivity index (χ1) is 6.13. The molecule has 0 N–H and O–H groups in total. The van der Waals surface area contributed by atoms with Gasteiger partial charge < -0.3 is 0 Å². The van der Waals surface area contributed by atoms with E-state index in [4.69, 9.17) is 11.6 Å². The summed E-state index contributed by atoms with van der Waals surface area (Å²) in [6.45, 7) is 0. The minimum atomic E-state index is 0.0282. The van der Waals surface area contributed by atoms with Crippen molar-refractivity contribution < 1.29 is 4.79 Å². The first kappa shape index (κ1) is 11.1. The predicted octanol–water partition coefficient (Wildman–Crippen LogP) is 3.09. The van der Waals surface area contributed by atoms with Crippen LogP contribution in [0.5, 0.6) is 0 Å². The molecule has 0 unspecified atom stereocenters. The molecule has 1 aromatic carbocycles. The van der Waals surface area contributed by atoms with Crippen molar-refractivity contribution in [3.05, 3.63) is 28.2 Å². The van der Waals surface area contributed by atoms with E-state index in [1.807, 2.05) is 18.2 Å². The minimum Gasteiger partial charge on any atom is -0.298 e. The number of carbonyl (C=O) groups is 1. The normalized spacial score (nSPS) is 10.1. The van der Waals surface area contributed by atoms with Gasteiger partial charge in [-0.3, -0.25) is 4.79 Å². The van der Waals surface area contributed by atoms with E-state index < -0.39 is 0 Å². The smallest absolute Gasteiger partial charge is 0.151 e. The fourth-order valence-corrected chi connectivity index (χ4v) is 1.60. The molecule has 1 aromatic rings. The van der Waals surface area contributed by atoms with E-state index in [2.05, 4.69) is 28.6 Å². The fourth-order valence-electron chi connectivity index (χ4n) is 0.935. The first-order valence-electron chi connectivity index (χ1n) is 3.68. The molecule has 0 atom stereocenters. The van der Waals surface area contributed by atoms with Crippen molar-refractivity contribution in [2.75, 3.05) is 5.88 Å².